The first kappa shape index (κ1) is 17.9. The number of nitrogens with zero attached hydrogens (tertiary/aromatic N) is 1. The highest BCUT2D eigenvalue weighted by Crippen LogP contribution is 2.21. The lowest BCUT2D eigenvalue weighted by Crippen LogP contribution is -2.60. The monoisotopic (exact) mass is 284 g/mol. The summed E-state index contributed by atoms with van der Waals surface area (Å²) in [7, 11) is 0. The quantitative estimate of drug-likeness (QED) is 0.741. The Labute approximate surface area is 126 Å². The molecule has 4 atom stereocenters. The van der Waals surface area contributed by atoms with Gasteiger partial charge in [0.05, 0.1) is 12.7 Å². The van der Waals surface area contributed by atoms with Gasteiger partial charge in [-0.3, -0.25) is 4.90 Å². The fraction of sp³-hybridized carbons (Fsp3) is 1.00. The van der Waals surface area contributed by atoms with E-state index in [2.05, 4.69) is 51.8 Å². The Morgan fingerprint density at radius 3 is 2.30 bits per heavy atom. The lowest BCUT2D eigenvalue weighted by Gasteiger charge is -2.44. The number of hydrogen-bond acceptors (Lipinski definition) is 3. The highest BCUT2D eigenvalue weighted by molar-refractivity contribution is 4.90. The summed E-state index contributed by atoms with van der Waals surface area (Å²) in [5.74, 6) is 1.50. The number of nitrogens with one attached hydrogen (secondary N) is 1. The van der Waals surface area contributed by atoms with Gasteiger partial charge in [-0.05, 0) is 25.7 Å². The van der Waals surface area contributed by atoms with Crippen molar-refractivity contribution >= 4 is 0 Å². The molecule has 0 bridgehead atoms. The predicted molar refractivity (Wildman–Crippen MR) is 87.1 cm³/mol. The molecule has 1 aliphatic heterocycles. The van der Waals surface area contributed by atoms with Crippen molar-refractivity contribution in [2.24, 2.45) is 11.8 Å². The number of piperazine rings is 1. The topological polar surface area (TPSA) is 24.5 Å². The predicted octanol–water partition coefficient (Wildman–Crippen LogP) is 3.15. The smallest absolute Gasteiger partial charge is 0.0597 e. The van der Waals surface area contributed by atoms with Gasteiger partial charge in [0, 0.05) is 31.7 Å². The van der Waals surface area contributed by atoms with Crippen LogP contribution in [0.2, 0.25) is 0 Å². The number of rotatable bonds is 8. The molecule has 0 radical (unpaired) electrons. The third-order valence-electron chi connectivity index (χ3n) is 4.95. The Bertz CT molecular complexity index is 257. The zero-order chi connectivity index (χ0) is 15.1. The van der Waals surface area contributed by atoms with E-state index < -0.39 is 0 Å². The summed E-state index contributed by atoms with van der Waals surface area (Å²) in [6, 6.07) is 1.30. The molecule has 0 spiro atoms. The molecule has 1 rings (SSSR count). The summed E-state index contributed by atoms with van der Waals surface area (Å²) in [6.45, 7) is 17.8. The van der Waals surface area contributed by atoms with Gasteiger partial charge in [0.25, 0.3) is 0 Å². The molecule has 1 saturated heterocycles. The average Bonchev–Trinajstić information content (AvgIpc) is 2.45. The molecule has 1 fully saturated rings. The number of hydrogen-bond donors (Lipinski definition) is 1. The van der Waals surface area contributed by atoms with Crippen molar-refractivity contribution in [3.63, 3.8) is 0 Å². The third kappa shape index (κ3) is 5.34. The Kier molecular flexibility index (Phi) is 8.08. The van der Waals surface area contributed by atoms with Gasteiger partial charge < -0.3 is 10.1 Å². The van der Waals surface area contributed by atoms with Gasteiger partial charge in [-0.25, -0.2) is 0 Å². The second-order valence-corrected chi connectivity index (χ2v) is 6.77. The van der Waals surface area contributed by atoms with Crippen LogP contribution in [0.15, 0.2) is 0 Å². The maximum atomic E-state index is 5.77. The maximum absolute atomic E-state index is 5.77. The molecule has 0 amide bonds. The number of ether oxygens (including phenoxy) is 1. The molecular weight excluding hydrogens is 248 g/mol. The minimum absolute atomic E-state index is 0.338. The van der Waals surface area contributed by atoms with Gasteiger partial charge in [-0.15, -0.1) is 0 Å². The van der Waals surface area contributed by atoms with E-state index in [9.17, 15) is 0 Å². The van der Waals surface area contributed by atoms with E-state index in [0.717, 1.165) is 31.5 Å². The third-order valence-corrected chi connectivity index (χ3v) is 4.95. The van der Waals surface area contributed by atoms with Crippen molar-refractivity contribution in [1.82, 2.24) is 10.2 Å². The molecule has 120 valence electrons. The standard InChI is InChI=1S/C17H36N2O/c1-7-14(5)16-12-19(9-10-20-13(3)4)17(11-18-16)15(6)8-2/h13-18H,7-12H2,1-6H3. The van der Waals surface area contributed by atoms with Crippen LogP contribution in [-0.4, -0.2) is 49.3 Å². The van der Waals surface area contributed by atoms with Gasteiger partial charge >= 0.3 is 0 Å². The zero-order valence-corrected chi connectivity index (χ0v) is 14.5. The van der Waals surface area contributed by atoms with Crippen LogP contribution in [0.25, 0.3) is 0 Å². The van der Waals surface area contributed by atoms with Gasteiger partial charge in [0.2, 0.25) is 0 Å². The van der Waals surface area contributed by atoms with Crippen molar-refractivity contribution in [2.45, 2.75) is 72.6 Å². The fourth-order valence-electron chi connectivity index (χ4n) is 3.02. The summed E-state index contributed by atoms with van der Waals surface area (Å²) in [4.78, 5) is 2.67. The summed E-state index contributed by atoms with van der Waals surface area (Å²) in [5, 5.41) is 3.78. The summed E-state index contributed by atoms with van der Waals surface area (Å²) in [6.07, 6.45) is 2.84. The van der Waals surface area contributed by atoms with E-state index in [1.165, 1.54) is 19.4 Å². The van der Waals surface area contributed by atoms with E-state index in [0.29, 0.717) is 18.2 Å². The Balaban J connectivity index is 2.58. The largest absolute Gasteiger partial charge is 0.377 e. The molecule has 0 aliphatic carbocycles. The molecule has 1 aliphatic rings. The molecule has 3 heteroatoms. The first-order chi connectivity index (χ1) is 9.49. The summed E-state index contributed by atoms with van der Waals surface area (Å²) < 4.78 is 5.77. The van der Waals surface area contributed by atoms with Crippen LogP contribution >= 0.6 is 0 Å². The molecule has 0 aromatic rings. The van der Waals surface area contributed by atoms with Crippen molar-refractivity contribution in [1.29, 1.82) is 0 Å². The lowest BCUT2D eigenvalue weighted by atomic mass is 9.90. The van der Waals surface area contributed by atoms with E-state index in [4.69, 9.17) is 4.74 Å². The zero-order valence-electron chi connectivity index (χ0n) is 14.5. The Morgan fingerprint density at radius 2 is 1.75 bits per heavy atom. The van der Waals surface area contributed by atoms with Crippen LogP contribution in [0.3, 0.4) is 0 Å². The first-order valence-electron chi connectivity index (χ1n) is 8.58. The van der Waals surface area contributed by atoms with Gasteiger partial charge in [0.1, 0.15) is 0 Å². The van der Waals surface area contributed by atoms with Crippen molar-refractivity contribution in [2.75, 3.05) is 26.2 Å². The van der Waals surface area contributed by atoms with E-state index in [-0.39, 0.29) is 0 Å². The van der Waals surface area contributed by atoms with Crippen LogP contribution < -0.4 is 5.32 Å². The maximum Gasteiger partial charge on any atom is 0.0597 e. The molecule has 1 heterocycles. The summed E-state index contributed by atoms with van der Waals surface area (Å²) >= 11 is 0. The molecule has 0 saturated carbocycles. The minimum atomic E-state index is 0.338. The normalized spacial score (nSPS) is 27.8. The van der Waals surface area contributed by atoms with Crippen molar-refractivity contribution in [3.8, 4) is 0 Å². The fourth-order valence-corrected chi connectivity index (χ4v) is 3.02. The van der Waals surface area contributed by atoms with Gasteiger partial charge in [-0.2, -0.15) is 0 Å². The van der Waals surface area contributed by atoms with Crippen LogP contribution in [-0.2, 0) is 4.74 Å². The summed E-state index contributed by atoms with van der Waals surface area (Å²) in [5.41, 5.74) is 0. The Hall–Kier alpha value is -0.120. The van der Waals surface area contributed by atoms with Crippen LogP contribution in [0.5, 0.6) is 0 Å². The first-order valence-corrected chi connectivity index (χ1v) is 8.58. The SMILES string of the molecule is CCC(C)C1CN(CCOC(C)C)C(C(C)CC)CN1. The van der Waals surface area contributed by atoms with Crippen LogP contribution in [0.4, 0.5) is 0 Å². The minimum Gasteiger partial charge on any atom is -0.377 e. The highest BCUT2D eigenvalue weighted by atomic mass is 16.5. The van der Waals surface area contributed by atoms with Crippen molar-refractivity contribution < 1.29 is 4.74 Å². The highest BCUT2D eigenvalue weighted by Gasteiger charge is 2.32. The van der Waals surface area contributed by atoms with E-state index in [1.807, 2.05) is 0 Å². The molecule has 4 unspecified atom stereocenters. The Morgan fingerprint density at radius 1 is 1.10 bits per heavy atom. The molecular formula is C17H36N2O. The molecule has 0 aromatic carbocycles. The van der Waals surface area contributed by atoms with Crippen LogP contribution in [0, 0.1) is 11.8 Å². The lowest BCUT2D eigenvalue weighted by molar-refractivity contribution is 0.0194. The van der Waals surface area contributed by atoms with Crippen LogP contribution in [0.1, 0.15) is 54.4 Å². The van der Waals surface area contributed by atoms with Gasteiger partial charge in [-0.1, -0.05) is 40.5 Å². The molecule has 0 aromatic heterocycles. The molecule has 1 N–H and O–H groups in total. The molecule has 20 heavy (non-hydrogen) atoms. The van der Waals surface area contributed by atoms with Gasteiger partial charge in [0.15, 0.2) is 0 Å². The van der Waals surface area contributed by atoms with Crippen molar-refractivity contribution in [3.05, 3.63) is 0 Å². The van der Waals surface area contributed by atoms with E-state index >= 15 is 0 Å². The average molecular weight is 284 g/mol. The van der Waals surface area contributed by atoms with E-state index in [1.54, 1.807) is 0 Å². The molecule has 3 nitrogen and oxygen atoms in total. The second kappa shape index (κ2) is 9.01. The second-order valence-electron chi connectivity index (χ2n) is 6.77.